The number of alkyl carbamates (subject to hydrolysis) is 1. The van der Waals surface area contributed by atoms with Crippen molar-refractivity contribution in [3.63, 3.8) is 0 Å². The second-order valence-corrected chi connectivity index (χ2v) is 5.08. The first-order valence-electron chi connectivity index (χ1n) is 7.45. The average molecular weight is 338 g/mol. The Hall–Kier alpha value is -2.61. The lowest BCUT2D eigenvalue weighted by Crippen LogP contribution is -2.44. The number of nitrogens with one attached hydrogen (secondary N) is 2. The summed E-state index contributed by atoms with van der Waals surface area (Å²) >= 11 is 0. The summed E-state index contributed by atoms with van der Waals surface area (Å²) in [7, 11) is 1.27. The molecule has 1 amide bonds. The molecule has 3 N–H and O–H groups in total. The highest BCUT2D eigenvalue weighted by Crippen LogP contribution is 2.01. The summed E-state index contributed by atoms with van der Waals surface area (Å²) in [6, 6.07) is 7.36. The zero-order valence-corrected chi connectivity index (χ0v) is 13.7. The van der Waals surface area contributed by atoms with Crippen LogP contribution < -0.4 is 10.6 Å². The van der Waals surface area contributed by atoms with E-state index in [1.54, 1.807) is 19.1 Å². The fourth-order valence-corrected chi connectivity index (χ4v) is 1.87. The first kappa shape index (κ1) is 19.4. The molecule has 1 rings (SSSR count). The van der Waals surface area contributed by atoms with Crippen LogP contribution >= 0.6 is 0 Å². The first-order chi connectivity index (χ1) is 11.4. The summed E-state index contributed by atoms with van der Waals surface area (Å²) in [5, 5.41) is 14.2. The molecule has 0 saturated carbocycles. The van der Waals surface area contributed by atoms with E-state index in [1.807, 2.05) is 18.2 Å². The van der Waals surface area contributed by atoms with Gasteiger partial charge in [-0.25, -0.2) is 9.59 Å². The molecule has 8 heteroatoms. The van der Waals surface area contributed by atoms with E-state index >= 15 is 0 Å². The number of carboxylic acids is 1. The van der Waals surface area contributed by atoms with E-state index in [0.717, 1.165) is 5.56 Å². The van der Waals surface area contributed by atoms with Crippen molar-refractivity contribution in [2.75, 3.05) is 13.7 Å². The lowest BCUT2D eigenvalue weighted by Gasteiger charge is -2.16. The standard InChI is InChI=1S/C16H22N2O6/c1-11(15(21)23-2)17-9-8-13(14(19)20)18-16(22)24-10-12-6-4-3-5-7-12/h3-7,11,13,17H,8-10H2,1-2H3,(H,18,22)(H,19,20)/t11-,13-/m0/s1. The van der Waals surface area contributed by atoms with Gasteiger partial charge in [0.15, 0.2) is 0 Å². The van der Waals surface area contributed by atoms with Crippen molar-refractivity contribution >= 4 is 18.0 Å². The number of carboxylic acid groups (broad SMARTS) is 1. The van der Waals surface area contributed by atoms with Crippen LogP contribution in [0.5, 0.6) is 0 Å². The molecule has 8 nitrogen and oxygen atoms in total. The van der Waals surface area contributed by atoms with Crippen molar-refractivity contribution in [1.29, 1.82) is 0 Å². The number of benzene rings is 1. The SMILES string of the molecule is COC(=O)[C@H](C)NCC[C@H](NC(=O)OCc1ccccc1)C(=O)O. The van der Waals surface area contributed by atoms with Crippen LogP contribution in [-0.2, 0) is 25.7 Å². The number of carbonyl (C=O) groups excluding carboxylic acids is 2. The Morgan fingerprint density at radius 3 is 2.46 bits per heavy atom. The molecule has 0 bridgehead atoms. The predicted octanol–water partition coefficient (Wildman–Crippen LogP) is 0.907. The van der Waals surface area contributed by atoms with E-state index < -0.39 is 30.1 Å². The third-order valence-electron chi connectivity index (χ3n) is 3.24. The molecule has 0 aliphatic rings. The Morgan fingerprint density at radius 2 is 1.88 bits per heavy atom. The van der Waals surface area contributed by atoms with Gasteiger partial charge < -0.3 is 25.2 Å². The maximum atomic E-state index is 11.7. The molecular weight excluding hydrogens is 316 g/mol. The number of amides is 1. The van der Waals surface area contributed by atoms with Gasteiger partial charge in [0, 0.05) is 0 Å². The van der Waals surface area contributed by atoms with Crippen molar-refractivity contribution in [3.8, 4) is 0 Å². The lowest BCUT2D eigenvalue weighted by atomic mass is 10.2. The number of ether oxygens (including phenoxy) is 2. The number of hydrogen-bond acceptors (Lipinski definition) is 6. The van der Waals surface area contributed by atoms with Crippen LogP contribution in [0.15, 0.2) is 30.3 Å². The molecule has 0 aliphatic carbocycles. The van der Waals surface area contributed by atoms with Gasteiger partial charge in [0.25, 0.3) is 0 Å². The van der Waals surface area contributed by atoms with E-state index in [0.29, 0.717) is 0 Å². The maximum absolute atomic E-state index is 11.7. The van der Waals surface area contributed by atoms with Crippen LogP contribution in [0.1, 0.15) is 18.9 Å². The van der Waals surface area contributed by atoms with Gasteiger partial charge in [0.2, 0.25) is 0 Å². The van der Waals surface area contributed by atoms with Gasteiger partial charge in [-0.3, -0.25) is 4.79 Å². The monoisotopic (exact) mass is 338 g/mol. The third-order valence-corrected chi connectivity index (χ3v) is 3.24. The minimum absolute atomic E-state index is 0.0522. The van der Waals surface area contributed by atoms with Gasteiger partial charge in [0.05, 0.1) is 7.11 Å². The zero-order chi connectivity index (χ0) is 17.9. The van der Waals surface area contributed by atoms with Gasteiger partial charge in [0.1, 0.15) is 18.7 Å². The van der Waals surface area contributed by atoms with Crippen LogP contribution in [0.3, 0.4) is 0 Å². The summed E-state index contributed by atoms with van der Waals surface area (Å²) in [6.45, 7) is 1.87. The van der Waals surface area contributed by atoms with Gasteiger partial charge >= 0.3 is 18.0 Å². The largest absolute Gasteiger partial charge is 0.480 e. The van der Waals surface area contributed by atoms with Crippen LogP contribution in [0.4, 0.5) is 4.79 Å². The Morgan fingerprint density at radius 1 is 1.21 bits per heavy atom. The summed E-state index contributed by atoms with van der Waals surface area (Å²) < 4.78 is 9.53. The smallest absolute Gasteiger partial charge is 0.408 e. The highest BCUT2D eigenvalue weighted by Gasteiger charge is 2.21. The number of esters is 1. The summed E-state index contributed by atoms with van der Waals surface area (Å²) in [5.74, 6) is -1.63. The van der Waals surface area contributed by atoms with Crippen LogP contribution in [-0.4, -0.2) is 48.9 Å². The van der Waals surface area contributed by atoms with Crippen molar-refractivity contribution in [2.24, 2.45) is 0 Å². The fraction of sp³-hybridized carbons (Fsp3) is 0.438. The highest BCUT2D eigenvalue weighted by molar-refractivity contribution is 5.79. The molecule has 132 valence electrons. The lowest BCUT2D eigenvalue weighted by molar-refractivity contribution is -0.142. The van der Waals surface area contributed by atoms with Gasteiger partial charge in [-0.2, -0.15) is 0 Å². The topological polar surface area (TPSA) is 114 Å². The highest BCUT2D eigenvalue weighted by atomic mass is 16.5. The van der Waals surface area contributed by atoms with Crippen molar-refractivity contribution in [3.05, 3.63) is 35.9 Å². The van der Waals surface area contributed by atoms with Gasteiger partial charge in [-0.15, -0.1) is 0 Å². The molecule has 0 aliphatic heterocycles. The number of carbonyl (C=O) groups is 3. The quantitative estimate of drug-likeness (QED) is 0.573. The Kier molecular flexibility index (Phi) is 8.28. The summed E-state index contributed by atoms with van der Waals surface area (Å²) in [4.78, 5) is 34.1. The molecule has 1 aromatic rings. The zero-order valence-electron chi connectivity index (χ0n) is 13.7. The fourth-order valence-electron chi connectivity index (χ4n) is 1.87. The van der Waals surface area contributed by atoms with Crippen LogP contribution in [0.25, 0.3) is 0 Å². The third kappa shape index (κ3) is 7.10. The Balaban J connectivity index is 2.38. The number of rotatable bonds is 9. The van der Waals surface area contributed by atoms with E-state index in [-0.39, 0.29) is 19.6 Å². The Bertz CT molecular complexity index is 549. The van der Waals surface area contributed by atoms with E-state index in [2.05, 4.69) is 15.4 Å². The van der Waals surface area contributed by atoms with E-state index in [9.17, 15) is 14.4 Å². The van der Waals surface area contributed by atoms with Crippen LogP contribution in [0, 0.1) is 0 Å². The molecule has 2 atom stereocenters. The van der Waals surface area contributed by atoms with Crippen LogP contribution in [0.2, 0.25) is 0 Å². The van der Waals surface area contributed by atoms with Crippen molar-refractivity contribution in [1.82, 2.24) is 10.6 Å². The predicted molar refractivity (Wildman–Crippen MR) is 85.3 cm³/mol. The van der Waals surface area contributed by atoms with Crippen molar-refractivity contribution < 1.29 is 29.0 Å². The molecule has 0 unspecified atom stereocenters. The number of hydrogen-bond donors (Lipinski definition) is 3. The average Bonchev–Trinajstić information content (AvgIpc) is 2.58. The van der Waals surface area contributed by atoms with Gasteiger partial charge in [-0.1, -0.05) is 30.3 Å². The summed E-state index contributed by atoms with van der Waals surface area (Å²) in [5.41, 5.74) is 0.799. The Labute approximate surface area is 140 Å². The van der Waals surface area contributed by atoms with E-state index in [4.69, 9.17) is 9.84 Å². The molecule has 0 aromatic heterocycles. The summed E-state index contributed by atoms with van der Waals surface area (Å²) in [6.07, 6.45) is -0.718. The molecule has 0 spiro atoms. The van der Waals surface area contributed by atoms with Crippen molar-refractivity contribution in [2.45, 2.75) is 32.0 Å². The molecule has 0 fully saturated rings. The molecular formula is C16H22N2O6. The molecule has 1 aromatic carbocycles. The molecule has 0 heterocycles. The number of methoxy groups -OCH3 is 1. The second kappa shape index (κ2) is 10.2. The molecule has 0 radical (unpaired) electrons. The van der Waals surface area contributed by atoms with Gasteiger partial charge in [-0.05, 0) is 25.5 Å². The molecule has 24 heavy (non-hydrogen) atoms. The maximum Gasteiger partial charge on any atom is 0.408 e. The second-order valence-electron chi connectivity index (χ2n) is 5.08. The van der Waals surface area contributed by atoms with E-state index in [1.165, 1.54) is 7.11 Å². The normalized spacial score (nSPS) is 12.8. The minimum Gasteiger partial charge on any atom is -0.480 e. The first-order valence-corrected chi connectivity index (χ1v) is 7.45. The molecule has 0 saturated heterocycles. The minimum atomic E-state index is -1.18. The number of aliphatic carboxylic acids is 1.